The standard InChI is InChI=1S/C26H28FN3O/c1-19-8-2-4-10-22(19)26(31)29-25(24-12-6-7-15-28-24)20-13-16-30(17-14-20)18-21-9-3-5-11-23(21)27/h2-12,15,20,25H,13-14,16-18H2,1H3,(H,29,31)/t25-/m0/s1. The van der Waals surface area contributed by atoms with Crippen molar-refractivity contribution in [2.24, 2.45) is 5.92 Å². The minimum absolute atomic E-state index is 0.0671. The van der Waals surface area contributed by atoms with E-state index in [2.05, 4.69) is 15.2 Å². The Labute approximate surface area is 183 Å². The van der Waals surface area contributed by atoms with Gasteiger partial charge in [-0.15, -0.1) is 0 Å². The second-order valence-corrected chi connectivity index (χ2v) is 8.23. The van der Waals surface area contributed by atoms with Gasteiger partial charge in [-0.25, -0.2) is 4.39 Å². The van der Waals surface area contributed by atoms with Crippen LogP contribution in [0.15, 0.2) is 72.9 Å². The zero-order chi connectivity index (χ0) is 21.6. The average Bonchev–Trinajstić information content (AvgIpc) is 2.80. The number of nitrogens with zero attached hydrogens (tertiary/aromatic N) is 2. The van der Waals surface area contributed by atoms with Gasteiger partial charge in [0.15, 0.2) is 0 Å². The van der Waals surface area contributed by atoms with E-state index >= 15 is 0 Å². The molecule has 1 aromatic heterocycles. The molecule has 4 rings (SSSR count). The molecule has 1 N–H and O–H groups in total. The molecule has 1 aliphatic rings. The van der Waals surface area contributed by atoms with Crippen LogP contribution in [-0.4, -0.2) is 28.9 Å². The number of halogens is 1. The number of hydrogen-bond donors (Lipinski definition) is 1. The third kappa shape index (κ3) is 5.17. The van der Waals surface area contributed by atoms with Crippen LogP contribution in [0.3, 0.4) is 0 Å². The highest BCUT2D eigenvalue weighted by atomic mass is 19.1. The maximum Gasteiger partial charge on any atom is 0.252 e. The summed E-state index contributed by atoms with van der Waals surface area (Å²) < 4.78 is 14.0. The lowest BCUT2D eigenvalue weighted by Crippen LogP contribution is -2.41. The van der Waals surface area contributed by atoms with Gasteiger partial charge in [-0.2, -0.15) is 0 Å². The van der Waals surface area contributed by atoms with Crippen LogP contribution in [0.4, 0.5) is 4.39 Å². The number of rotatable bonds is 6. The number of carbonyl (C=O) groups is 1. The van der Waals surface area contributed by atoms with Crippen LogP contribution >= 0.6 is 0 Å². The van der Waals surface area contributed by atoms with Gasteiger partial charge in [0.2, 0.25) is 0 Å². The quantitative estimate of drug-likeness (QED) is 0.620. The van der Waals surface area contributed by atoms with Crippen molar-refractivity contribution in [2.45, 2.75) is 32.4 Å². The number of benzene rings is 2. The van der Waals surface area contributed by atoms with E-state index in [9.17, 15) is 9.18 Å². The zero-order valence-corrected chi connectivity index (χ0v) is 17.8. The van der Waals surface area contributed by atoms with E-state index in [1.54, 1.807) is 12.3 Å². The number of pyridine rings is 1. The lowest BCUT2D eigenvalue weighted by Gasteiger charge is -2.36. The third-order valence-corrected chi connectivity index (χ3v) is 6.14. The van der Waals surface area contributed by atoms with Crippen molar-refractivity contribution in [3.05, 3.63) is 101 Å². The van der Waals surface area contributed by atoms with Gasteiger partial charge in [0.1, 0.15) is 5.82 Å². The second-order valence-electron chi connectivity index (χ2n) is 8.23. The highest BCUT2D eigenvalue weighted by Crippen LogP contribution is 2.31. The molecule has 0 bridgehead atoms. The molecule has 160 valence electrons. The van der Waals surface area contributed by atoms with E-state index in [0.717, 1.165) is 42.8 Å². The number of amides is 1. The van der Waals surface area contributed by atoms with Gasteiger partial charge in [0.05, 0.1) is 11.7 Å². The fourth-order valence-corrected chi connectivity index (χ4v) is 4.35. The maximum atomic E-state index is 14.0. The largest absolute Gasteiger partial charge is 0.343 e. The monoisotopic (exact) mass is 417 g/mol. The minimum atomic E-state index is -0.151. The summed E-state index contributed by atoms with van der Waals surface area (Å²) in [5.41, 5.74) is 3.27. The minimum Gasteiger partial charge on any atom is -0.343 e. The number of hydrogen-bond acceptors (Lipinski definition) is 3. The first-order valence-corrected chi connectivity index (χ1v) is 10.8. The molecule has 1 saturated heterocycles. The van der Waals surface area contributed by atoms with E-state index in [0.29, 0.717) is 12.1 Å². The summed E-state index contributed by atoms with van der Waals surface area (Å²) in [7, 11) is 0. The van der Waals surface area contributed by atoms with E-state index in [1.807, 2.05) is 61.5 Å². The van der Waals surface area contributed by atoms with Gasteiger partial charge in [0, 0.05) is 23.9 Å². The van der Waals surface area contributed by atoms with E-state index < -0.39 is 0 Å². The predicted molar refractivity (Wildman–Crippen MR) is 120 cm³/mol. The Balaban J connectivity index is 1.46. The molecular weight excluding hydrogens is 389 g/mol. The lowest BCUT2D eigenvalue weighted by molar-refractivity contribution is 0.0887. The molecule has 0 unspecified atom stereocenters. The summed E-state index contributed by atoms with van der Waals surface area (Å²) >= 11 is 0. The topological polar surface area (TPSA) is 45.2 Å². The molecule has 5 heteroatoms. The predicted octanol–water partition coefficient (Wildman–Crippen LogP) is 4.91. The molecule has 4 nitrogen and oxygen atoms in total. The van der Waals surface area contributed by atoms with Crippen LogP contribution in [0.5, 0.6) is 0 Å². The first kappa shape index (κ1) is 21.2. The molecule has 1 amide bonds. The van der Waals surface area contributed by atoms with Crippen molar-refractivity contribution in [3.63, 3.8) is 0 Å². The highest BCUT2D eigenvalue weighted by Gasteiger charge is 2.30. The van der Waals surface area contributed by atoms with Crippen molar-refractivity contribution < 1.29 is 9.18 Å². The average molecular weight is 418 g/mol. The Morgan fingerprint density at radius 1 is 1.06 bits per heavy atom. The molecule has 3 aromatic rings. The van der Waals surface area contributed by atoms with Crippen LogP contribution in [0.2, 0.25) is 0 Å². The number of piperidine rings is 1. The van der Waals surface area contributed by atoms with E-state index in [4.69, 9.17) is 0 Å². The first-order chi connectivity index (χ1) is 15.1. The lowest BCUT2D eigenvalue weighted by atomic mass is 9.86. The Bertz CT molecular complexity index is 1020. The van der Waals surface area contributed by atoms with Crippen LogP contribution in [-0.2, 0) is 6.54 Å². The number of aryl methyl sites for hydroxylation is 1. The van der Waals surface area contributed by atoms with Gasteiger partial charge in [-0.05, 0) is 68.6 Å². The SMILES string of the molecule is Cc1ccccc1C(=O)N[C@H](c1ccccn1)C1CCN(Cc2ccccc2F)CC1. The van der Waals surface area contributed by atoms with Crippen molar-refractivity contribution in [1.82, 2.24) is 15.2 Å². The Morgan fingerprint density at radius 3 is 2.48 bits per heavy atom. The molecule has 1 fully saturated rings. The maximum absolute atomic E-state index is 14.0. The smallest absolute Gasteiger partial charge is 0.252 e. The van der Waals surface area contributed by atoms with Crippen LogP contribution < -0.4 is 5.32 Å². The van der Waals surface area contributed by atoms with Crippen LogP contribution in [0.25, 0.3) is 0 Å². The van der Waals surface area contributed by atoms with Gasteiger partial charge in [0.25, 0.3) is 5.91 Å². The normalized spacial score (nSPS) is 16.1. The Morgan fingerprint density at radius 2 is 1.77 bits per heavy atom. The molecule has 2 heterocycles. The van der Waals surface area contributed by atoms with E-state index in [-0.39, 0.29) is 23.7 Å². The van der Waals surface area contributed by atoms with Gasteiger partial charge in [-0.3, -0.25) is 14.7 Å². The Hall–Kier alpha value is -3.05. The van der Waals surface area contributed by atoms with Crippen molar-refractivity contribution >= 4 is 5.91 Å². The second kappa shape index (κ2) is 9.84. The third-order valence-electron chi connectivity index (χ3n) is 6.14. The molecule has 31 heavy (non-hydrogen) atoms. The van der Waals surface area contributed by atoms with Crippen molar-refractivity contribution in [1.29, 1.82) is 0 Å². The first-order valence-electron chi connectivity index (χ1n) is 10.8. The van der Waals surface area contributed by atoms with Crippen LogP contribution in [0, 0.1) is 18.7 Å². The highest BCUT2D eigenvalue weighted by molar-refractivity contribution is 5.95. The van der Waals surface area contributed by atoms with Gasteiger partial charge in [-0.1, -0.05) is 42.5 Å². The summed E-state index contributed by atoms with van der Waals surface area (Å²) in [5, 5.41) is 3.25. The molecule has 1 atom stereocenters. The fraction of sp³-hybridized carbons (Fsp3) is 0.308. The van der Waals surface area contributed by atoms with Crippen LogP contribution in [0.1, 0.15) is 46.1 Å². The van der Waals surface area contributed by atoms with Crippen molar-refractivity contribution in [3.8, 4) is 0 Å². The molecule has 1 aliphatic heterocycles. The molecule has 0 saturated carbocycles. The molecule has 0 aliphatic carbocycles. The molecule has 0 spiro atoms. The molecule has 2 aromatic carbocycles. The van der Waals surface area contributed by atoms with Crippen molar-refractivity contribution in [2.75, 3.05) is 13.1 Å². The summed E-state index contributed by atoms with van der Waals surface area (Å²) in [5.74, 6) is 0.0590. The number of aromatic nitrogens is 1. The summed E-state index contributed by atoms with van der Waals surface area (Å²) in [6.45, 7) is 4.29. The number of nitrogens with one attached hydrogen (secondary N) is 1. The zero-order valence-electron chi connectivity index (χ0n) is 17.8. The Kier molecular flexibility index (Phi) is 6.73. The van der Waals surface area contributed by atoms with Gasteiger partial charge >= 0.3 is 0 Å². The molecular formula is C26H28FN3O. The van der Waals surface area contributed by atoms with E-state index in [1.165, 1.54) is 6.07 Å². The number of likely N-dealkylation sites (tertiary alicyclic amines) is 1. The number of carbonyl (C=O) groups excluding carboxylic acids is 1. The molecule has 0 radical (unpaired) electrons. The van der Waals surface area contributed by atoms with Gasteiger partial charge < -0.3 is 5.32 Å². The summed E-state index contributed by atoms with van der Waals surface area (Å²) in [6, 6.07) is 20.3. The fourth-order valence-electron chi connectivity index (χ4n) is 4.35. The summed E-state index contributed by atoms with van der Waals surface area (Å²) in [6.07, 6.45) is 3.61. The summed E-state index contributed by atoms with van der Waals surface area (Å²) in [4.78, 5) is 19.9.